The number of alkyl halides is 3. The van der Waals surface area contributed by atoms with Crippen LogP contribution in [0.5, 0.6) is 0 Å². The molecular weight excluding hydrogens is 447 g/mol. The van der Waals surface area contributed by atoms with E-state index in [0.717, 1.165) is 36.7 Å². The SMILES string of the molecule is CC(C)n1c(C(F)(F)F)nc2c(C(=O)N3CC(N4CCN(c5ncccn5)CC4)C3)cccc21. The molecule has 2 aliphatic rings. The van der Waals surface area contributed by atoms with Crippen LogP contribution in [0.2, 0.25) is 0 Å². The molecule has 0 radical (unpaired) electrons. The minimum absolute atomic E-state index is 0.105. The Morgan fingerprint density at radius 1 is 1.03 bits per heavy atom. The number of aromatic nitrogens is 4. The number of benzene rings is 1. The van der Waals surface area contributed by atoms with Gasteiger partial charge in [0.15, 0.2) is 0 Å². The molecule has 2 aliphatic heterocycles. The molecule has 0 bridgehead atoms. The first-order valence-corrected chi connectivity index (χ1v) is 11.4. The van der Waals surface area contributed by atoms with Gasteiger partial charge in [0.1, 0.15) is 5.52 Å². The van der Waals surface area contributed by atoms with E-state index in [1.54, 1.807) is 55.4 Å². The zero-order valence-corrected chi connectivity index (χ0v) is 19.0. The molecule has 2 aromatic heterocycles. The van der Waals surface area contributed by atoms with Crippen molar-refractivity contribution in [2.24, 2.45) is 0 Å². The molecule has 0 aliphatic carbocycles. The van der Waals surface area contributed by atoms with Crippen LogP contribution in [0.25, 0.3) is 11.0 Å². The number of hydrogen-bond acceptors (Lipinski definition) is 6. The van der Waals surface area contributed by atoms with E-state index in [1.165, 1.54) is 0 Å². The normalized spacial score (nSPS) is 18.1. The monoisotopic (exact) mass is 473 g/mol. The molecule has 0 saturated carbocycles. The second-order valence-electron chi connectivity index (χ2n) is 9.01. The van der Waals surface area contributed by atoms with E-state index >= 15 is 0 Å². The molecule has 0 unspecified atom stereocenters. The number of rotatable bonds is 4. The van der Waals surface area contributed by atoms with Gasteiger partial charge in [0.05, 0.1) is 11.1 Å². The van der Waals surface area contributed by atoms with Gasteiger partial charge in [0.2, 0.25) is 11.8 Å². The van der Waals surface area contributed by atoms with Crippen molar-refractivity contribution in [2.45, 2.75) is 32.1 Å². The fraction of sp³-hybridized carbons (Fsp3) is 0.478. The zero-order chi connectivity index (χ0) is 24.0. The number of fused-ring (bicyclic) bond motifs is 1. The lowest BCUT2D eigenvalue weighted by Gasteiger charge is -2.48. The fourth-order valence-corrected chi connectivity index (χ4v) is 4.78. The molecular formula is C23H26F3N7O. The lowest BCUT2D eigenvalue weighted by Crippen LogP contribution is -2.64. The van der Waals surface area contributed by atoms with Crippen LogP contribution in [0.1, 0.15) is 36.1 Å². The number of carbonyl (C=O) groups excluding carboxylic acids is 1. The molecule has 1 aromatic carbocycles. The predicted octanol–water partition coefficient (Wildman–Crippen LogP) is 3.07. The van der Waals surface area contributed by atoms with Gasteiger partial charge in [0, 0.05) is 63.7 Å². The van der Waals surface area contributed by atoms with Crippen molar-refractivity contribution in [3.05, 3.63) is 48.0 Å². The van der Waals surface area contributed by atoms with Crippen LogP contribution in [-0.2, 0) is 6.18 Å². The number of halogens is 3. The van der Waals surface area contributed by atoms with Crippen molar-refractivity contribution in [3.8, 4) is 0 Å². The van der Waals surface area contributed by atoms with E-state index in [4.69, 9.17) is 0 Å². The van der Waals surface area contributed by atoms with Crippen LogP contribution >= 0.6 is 0 Å². The molecule has 11 heteroatoms. The smallest absolute Gasteiger partial charge is 0.338 e. The standard InChI is InChI=1S/C23H26F3N7O/c1-15(2)33-18-6-3-5-17(19(18)29-21(33)23(24,25)26)20(34)32-13-16(14-32)30-9-11-31(12-10-30)22-27-7-4-8-28-22/h3-8,15-16H,9-14H2,1-2H3. The highest BCUT2D eigenvalue weighted by atomic mass is 19.4. The summed E-state index contributed by atoms with van der Waals surface area (Å²) in [4.78, 5) is 31.8. The van der Waals surface area contributed by atoms with Gasteiger partial charge in [-0.15, -0.1) is 0 Å². The van der Waals surface area contributed by atoms with Gasteiger partial charge in [-0.1, -0.05) is 6.07 Å². The highest BCUT2D eigenvalue weighted by Crippen LogP contribution is 2.35. The summed E-state index contributed by atoms with van der Waals surface area (Å²) >= 11 is 0. The van der Waals surface area contributed by atoms with Crippen LogP contribution in [0.3, 0.4) is 0 Å². The highest BCUT2D eigenvalue weighted by molar-refractivity contribution is 6.05. The Kier molecular flexibility index (Phi) is 5.67. The van der Waals surface area contributed by atoms with Crippen LogP contribution in [-0.4, -0.2) is 80.5 Å². The Balaban J connectivity index is 1.27. The van der Waals surface area contributed by atoms with Crippen molar-refractivity contribution in [2.75, 3.05) is 44.2 Å². The third-order valence-electron chi connectivity index (χ3n) is 6.54. The highest BCUT2D eigenvalue weighted by Gasteiger charge is 2.40. The molecule has 4 heterocycles. The number of piperazine rings is 1. The summed E-state index contributed by atoms with van der Waals surface area (Å²) in [6, 6.07) is 6.36. The lowest BCUT2D eigenvalue weighted by molar-refractivity contribution is -0.147. The van der Waals surface area contributed by atoms with Crippen LogP contribution in [0.15, 0.2) is 36.7 Å². The van der Waals surface area contributed by atoms with Crippen molar-refractivity contribution in [3.63, 3.8) is 0 Å². The van der Waals surface area contributed by atoms with Crippen LogP contribution in [0, 0.1) is 0 Å². The van der Waals surface area contributed by atoms with Crippen molar-refractivity contribution in [1.82, 2.24) is 29.3 Å². The molecule has 180 valence electrons. The second kappa shape index (κ2) is 8.53. The predicted molar refractivity (Wildman–Crippen MR) is 121 cm³/mol. The van der Waals surface area contributed by atoms with Gasteiger partial charge in [-0.05, 0) is 32.0 Å². The lowest BCUT2D eigenvalue weighted by atomic mass is 10.0. The first-order chi connectivity index (χ1) is 16.2. The molecule has 3 aromatic rings. The Labute approximate surface area is 195 Å². The van der Waals surface area contributed by atoms with E-state index in [1.807, 2.05) is 0 Å². The number of likely N-dealkylation sites (tertiary alicyclic amines) is 1. The summed E-state index contributed by atoms with van der Waals surface area (Å²) in [5.74, 6) is -0.528. The zero-order valence-electron chi connectivity index (χ0n) is 19.0. The van der Waals surface area contributed by atoms with Gasteiger partial charge in [-0.25, -0.2) is 15.0 Å². The molecule has 2 fully saturated rings. The summed E-state index contributed by atoms with van der Waals surface area (Å²) in [7, 11) is 0. The molecule has 5 rings (SSSR count). The fourth-order valence-electron chi connectivity index (χ4n) is 4.78. The van der Waals surface area contributed by atoms with Crippen LogP contribution < -0.4 is 4.90 Å². The van der Waals surface area contributed by atoms with E-state index in [9.17, 15) is 18.0 Å². The minimum Gasteiger partial charge on any atom is -0.338 e. The first-order valence-electron chi connectivity index (χ1n) is 11.4. The quantitative estimate of drug-likeness (QED) is 0.580. The van der Waals surface area contributed by atoms with Gasteiger partial charge in [-0.2, -0.15) is 13.2 Å². The third kappa shape index (κ3) is 3.97. The number of nitrogens with zero attached hydrogens (tertiary/aromatic N) is 7. The Morgan fingerprint density at radius 3 is 2.32 bits per heavy atom. The molecule has 1 amide bonds. The largest absolute Gasteiger partial charge is 0.449 e. The van der Waals surface area contributed by atoms with E-state index in [2.05, 4.69) is 24.8 Å². The van der Waals surface area contributed by atoms with Gasteiger partial charge in [-0.3, -0.25) is 9.69 Å². The van der Waals surface area contributed by atoms with E-state index in [0.29, 0.717) is 18.6 Å². The summed E-state index contributed by atoms with van der Waals surface area (Å²) < 4.78 is 42.0. The third-order valence-corrected chi connectivity index (χ3v) is 6.54. The molecule has 34 heavy (non-hydrogen) atoms. The Morgan fingerprint density at radius 2 is 1.71 bits per heavy atom. The van der Waals surface area contributed by atoms with Gasteiger partial charge >= 0.3 is 6.18 Å². The van der Waals surface area contributed by atoms with E-state index in [-0.39, 0.29) is 23.0 Å². The van der Waals surface area contributed by atoms with Crippen molar-refractivity contribution < 1.29 is 18.0 Å². The molecule has 8 nitrogen and oxygen atoms in total. The van der Waals surface area contributed by atoms with Crippen molar-refractivity contribution >= 4 is 22.9 Å². The maximum absolute atomic E-state index is 13.6. The molecule has 0 N–H and O–H groups in total. The van der Waals surface area contributed by atoms with Gasteiger partial charge in [0.25, 0.3) is 5.91 Å². The maximum Gasteiger partial charge on any atom is 0.449 e. The summed E-state index contributed by atoms with van der Waals surface area (Å²) in [5, 5.41) is 0. The second-order valence-corrected chi connectivity index (χ2v) is 9.01. The number of amides is 1. The summed E-state index contributed by atoms with van der Waals surface area (Å²) in [6.45, 7) is 7.75. The number of para-hydroxylation sites is 1. The number of hydrogen-bond donors (Lipinski definition) is 0. The molecule has 0 spiro atoms. The molecule has 2 saturated heterocycles. The van der Waals surface area contributed by atoms with Crippen LogP contribution in [0.4, 0.5) is 19.1 Å². The van der Waals surface area contributed by atoms with E-state index < -0.39 is 18.0 Å². The maximum atomic E-state index is 13.6. The summed E-state index contributed by atoms with van der Waals surface area (Å²) in [5.41, 5.74) is 0.643. The minimum atomic E-state index is -4.60. The van der Waals surface area contributed by atoms with Gasteiger partial charge < -0.3 is 14.4 Å². The average Bonchev–Trinajstić information content (AvgIpc) is 3.20. The number of imidazole rings is 1. The summed E-state index contributed by atoms with van der Waals surface area (Å²) in [6.07, 6.45) is -1.14. The Hall–Kier alpha value is -3.21. The Bertz CT molecular complexity index is 1180. The first kappa shape index (κ1) is 22.6. The average molecular weight is 474 g/mol. The number of carbonyl (C=O) groups is 1. The molecule has 0 atom stereocenters. The topological polar surface area (TPSA) is 70.4 Å². The van der Waals surface area contributed by atoms with Crippen molar-refractivity contribution in [1.29, 1.82) is 0 Å². The number of anilines is 1.